The average Bonchev–Trinajstić information content (AvgIpc) is 3.12. The Morgan fingerprint density at radius 1 is 0.303 bits per heavy atom. The van der Waals surface area contributed by atoms with Crippen molar-refractivity contribution in [3.05, 3.63) is 72.8 Å². The van der Waals surface area contributed by atoms with Crippen LogP contribution in [0, 0.1) is 71.3 Å². The Morgan fingerprint density at radius 2 is 0.455 bits per heavy atom. The predicted molar refractivity (Wildman–Crippen MR) is 142 cm³/mol. The first-order valence-corrected chi connectivity index (χ1v) is 12.9. The molecule has 2 aliphatic rings. The summed E-state index contributed by atoms with van der Waals surface area (Å²) in [5.74, 6) is 9.35. The third-order valence-corrected chi connectivity index (χ3v) is 9.51. The normalized spacial score (nSPS) is 36.5. The molecule has 0 heterocycles. The van der Waals surface area contributed by atoms with E-state index in [1.165, 1.54) is 0 Å². The van der Waals surface area contributed by atoms with Gasteiger partial charge in [0.2, 0.25) is 0 Å². The summed E-state index contributed by atoms with van der Waals surface area (Å²) < 4.78 is 0. The molecule has 0 amide bonds. The quantitative estimate of drug-likeness (QED) is 0.301. The fourth-order valence-electron chi connectivity index (χ4n) is 5.47. The molecule has 0 aromatic heterocycles. The minimum absolute atomic E-state index is 0. The molecular weight excluding hydrogens is 476 g/mol. The molecule has 2 fully saturated rings. The molecule has 0 spiro atoms. The molecule has 0 bridgehead atoms. The molecular formula is C32H50Zr+2. The van der Waals surface area contributed by atoms with Crippen molar-refractivity contribution in [1.82, 2.24) is 0 Å². The minimum atomic E-state index is 0. The van der Waals surface area contributed by atoms with Crippen LogP contribution in [0.2, 0.25) is 0 Å². The van der Waals surface area contributed by atoms with Crippen molar-refractivity contribution in [2.24, 2.45) is 59.2 Å². The van der Waals surface area contributed by atoms with Gasteiger partial charge in [-0.2, -0.15) is 72.8 Å². The molecule has 4 rings (SSSR count). The van der Waals surface area contributed by atoms with E-state index in [1.54, 1.807) is 0 Å². The Morgan fingerprint density at radius 3 is 0.515 bits per heavy atom. The van der Waals surface area contributed by atoms with E-state index in [9.17, 15) is 0 Å². The van der Waals surface area contributed by atoms with Gasteiger partial charge in [0.05, 0.1) is 0 Å². The molecule has 180 valence electrons. The van der Waals surface area contributed by atoms with Crippen LogP contribution in [0.1, 0.15) is 69.2 Å². The Balaban J connectivity index is 0.000000420. The van der Waals surface area contributed by atoms with Crippen LogP contribution in [0.25, 0.3) is 0 Å². The number of rotatable bonds is 0. The van der Waals surface area contributed by atoms with Crippen LogP contribution in [-0.4, -0.2) is 0 Å². The van der Waals surface area contributed by atoms with Crippen LogP contribution in [0.15, 0.2) is 60.7 Å². The summed E-state index contributed by atoms with van der Waals surface area (Å²) in [6.45, 7) is 24.0. The van der Waals surface area contributed by atoms with Gasteiger partial charge in [0.15, 0.2) is 0 Å². The van der Waals surface area contributed by atoms with Gasteiger partial charge in [0.1, 0.15) is 0 Å². The Labute approximate surface area is 226 Å². The summed E-state index contributed by atoms with van der Waals surface area (Å²) in [7, 11) is 0. The van der Waals surface area contributed by atoms with Gasteiger partial charge in [-0.3, -0.25) is 0 Å². The summed E-state index contributed by atoms with van der Waals surface area (Å²) in [5, 5.41) is 0. The van der Waals surface area contributed by atoms with E-state index in [-0.39, 0.29) is 26.2 Å². The first kappa shape index (κ1) is 32.3. The Hall–Kier alpha value is -0.677. The van der Waals surface area contributed by atoms with E-state index in [4.69, 9.17) is 0 Å². The zero-order valence-electron chi connectivity index (χ0n) is 23.0. The van der Waals surface area contributed by atoms with Gasteiger partial charge >= 0.3 is 26.2 Å². The summed E-state index contributed by atoms with van der Waals surface area (Å²) in [4.78, 5) is 0. The van der Waals surface area contributed by atoms with Crippen LogP contribution >= 0.6 is 0 Å². The van der Waals surface area contributed by atoms with Gasteiger partial charge < -0.3 is 0 Å². The van der Waals surface area contributed by atoms with E-state index in [0.717, 1.165) is 59.2 Å². The molecule has 2 aliphatic carbocycles. The molecule has 0 radical (unpaired) electrons. The fraction of sp³-hybridized carbons (Fsp3) is 0.625. The number of benzene rings is 2. The molecule has 0 atom stereocenters. The second-order valence-electron chi connectivity index (χ2n) is 10.7. The maximum absolute atomic E-state index is 2.89. The monoisotopic (exact) mass is 524 g/mol. The standard InChI is InChI=1S/2C10H20.2C6H5.Zr/c2*1-6-7(2)9(4)10(5)8(6)3;2*1-2-4-6-5-3-1;/h2*6-10H,1-5H3;2*1-5H;/q;;2*-1;+4. The zero-order valence-corrected chi connectivity index (χ0v) is 25.5. The van der Waals surface area contributed by atoms with Crippen molar-refractivity contribution >= 4 is 0 Å². The third-order valence-electron chi connectivity index (χ3n) is 9.51. The largest absolute Gasteiger partial charge is 4.00 e. The SMILES string of the molecule is CC1C(C)C(C)C(C)C1C.CC1C(C)C(C)C(C)C1C.[Zr+4].[c-]1ccccc1.[c-]1ccccc1. The van der Waals surface area contributed by atoms with Gasteiger partial charge in [0, 0.05) is 0 Å². The van der Waals surface area contributed by atoms with Crippen LogP contribution in [0.4, 0.5) is 0 Å². The van der Waals surface area contributed by atoms with E-state index >= 15 is 0 Å². The second-order valence-corrected chi connectivity index (χ2v) is 10.7. The van der Waals surface area contributed by atoms with E-state index in [0.29, 0.717) is 0 Å². The molecule has 2 aromatic carbocycles. The first-order chi connectivity index (χ1) is 15.1. The van der Waals surface area contributed by atoms with Crippen LogP contribution in [-0.2, 0) is 26.2 Å². The van der Waals surface area contributed by atoms with Crippen molar-refractivity contribution < 1.29 is 26.2 Å². The summed E-state index contributed by atoms with van der Waals surface area (Å²) in [6, 6.07) is 25.0. The maximum Gasteiger partial charge on any atom is 4.00 e. The topological polar surface area (TPSA) is 0 Å². The number of hydrogen-bond acceptors (Lipinski definition) is 0. The molecule has 0 nitrogen and oxygen atoms in total. The van der Waals surface area contributed by atoms with Crippen LogP contribution in [0.5, 0.6) is 0 Å². The molecule has 1 heteroatoms. The van der Waals surface area contributed by atoms with Crippen molar-refractivity contribution in [2.45, 2.75) is 69.2 Å². The molecule has 2 aromatic rings. The summed E-state index contributed by atoms with van der Waals surface area (Å²) in [6.07, 6.45) is 0. The van der Waals surface area contributed by atoms with Gasteiger partial charge in [-0.1, -0.05) is 69.2 Å². The molecule has 2 saturated carbocycles. The van der Waals surface area contributed by atoms with Crippen LogP contribution in [0.3, 0.4) is 0 Å². The average molecular weight is 526 g/mol. The van der Waals surface area contributed by atoms with Gasteiger partial charge in [-0.25, -0.2) is 0 Å². The molecule has 0 N–H and O–H groups in total. The van der Waals surface area contributed by atoms with Crippen molar-refractivity contribution in [2.75, 3.05) is 0 Å². The minimum Gasteiger partial charge on any atom is -0.184 e. The maximum atomic E-state index is 2.89. The van der Waals surface area contributed by atoms with E-state index in [1.807, 2.05) is 60.7 Å². The predicted octanol–water partition coefficient (Wildman–Crippen LogP) is 9.33. The molecule has 0 unspecified atom stereocenters. The van der Waals surface area contributed by atoms with Crippen molar-refractivity contribution in [3.63, 3.8) is 0 Å². The third kappa shape index (κ3) is 10.2. The molecule has 0 saturated heterocycles. The second kappa shape index (κ2) is 16.9. The van der Waals surface area contributed by atoms with Gasteiger partial charge in [0.25, 0.3) is 0 Å². The fourth-order valence-corrected chi connectivity index (χ4v) is 5.47. The Bertz CT molecular complexity index is 480. The summed E-state index contributed by atoms with van der Waals surface area (Å²) >= 11 is 0. The van der Waals surface area contributed by atoms with Gasteiger partial charge in [-0.05, 0) is 59.2 Å². The Kier molecular flexibility index (Phi) is 16.5. The molecule has 33 heavy (non-hydrogen) atoms. The smallest absolute Gasteiger partial charge is 0.184 e. The molecule has 0 aliphatic heterocycles. The van der Waals surface area contributed by atoms with Crippen molar-refractivity contribution in [1.29, 1.82) is 0 Å². The van der Waals surface area contributed by atoms with Crippen LogP contribution < -0.4 is 0 Å². The van der Waals surface area contributed by atoms with E-state index < -0.39 is 0 Å². The van der Waals surface area contributed by atoms with E-state index in [2.05, 4.69) is 81.4 Å². The van der Waals surface area contributed by atoms with Crippen molar-refractivity contribution in [3.8, 4) is 0 Å². The zero-order chi connectivity index (χ0) is 24.3. The van der Waals surface area contributed by atoms with Gasteiger partial charge in [-0.15, -0.1) is 0 Å². The number of hydrogen-bond donors (Lipinski definition) is 0. The summed E-state index contributed by atoms with van der Waals surface area (Å²) in [5.41, 5.74) is 0. The first-order valence-electron chi connectivity index (χ1n) is 12.9.